The Hall–Kier alpha value is -3.79. The maximum absolute atomic E-state index is 14.1. The first kappa shape index (κ1) is 32.2. The van der Waals surface area contributed by atoms with E-state index in [0.717, 1.165) is 55.6 Å². The number of methoxy groups -OCH3 is 2. The van der Waals surface area contributed by atoms with Crippen LogP contribution in [0.5, 0.6) is 11.5 Å². The van der Waals surface area contributed by atoms with E-state index < -0.39 is 5.92 Å². The molecule has 0 bridgehead atoms. The van der Waals surface area contributed by atoms with Gasteiger partial charge in [0.15, 0.2) is 11.5 Å². The highest BCUT2D eigenvalue weighted by Gasteiger charge is 2.36. The maximum Gasteiger partial charge on any atom is 0.322 e. The molecule has 46 heavy (non-hydrogen) atoms. The highest BCUT2D eigenvalue weighted by atomic mass is 16.5. The Kier molecular flexibility index (Phi) is 10.3. The molecule has 10 nitrogen and oxygen atoms in total. The van der Waals surface area contributed by atoms with E-state index in [-0.39, 0.29) is 30.3 Å². The van der Waals surface area contributed by atoms with Gasteiger partial charge in [0, 0.05) is 56.9 Å². The summed E-state index contributed by atoms with van der Waals surface area (Å²) >= 11 is 0. The lowest BCUT2D eigenvalue weighted by molar-refractivity contribution is -0.143. The standard InChI is InChI=1S/C36H49N5O5/c1-45-32-11-10-26(23-33(32)46-2)22-28(35(43)40-20-12-29(13-21-40)38-16-6-3-7-17-38)24-34(42)39-18-14-30(15-19-39)41-25-27-8-4-5-9-31(27)37-36(41)44/h4-5,8-11,23,28-30H,3,6-7,12-22,24-25H2,1-2H3,(H,37,44). The van der Waals surface area contributed by atoms with Gasteiger partial charge >= 0.3 is 6.03 Å². The zero-order valence-corrected chi connectivity index (χ0v) is 27.4. The van der Waals surface area contributed by atoms with E-state index in [0.29, 0.717) is 43.6 Å². The topological polar surface area (TPSA) is 94.7 Å². The molecule has 3 saturated heterocycles. The molecule has 0 aromatic heterocycles. The van der Waals surface area contributed by atoms with Crippen LogP contribution in [0.15, 0.2) is 42.5 Å². The number of para-hydroxylation sites is 1. The molecule has 3 fully saturated rings. The highest BCUT2D eigenvalue weighted by molar-refractivity contribution is 5.92. The van der Waals surface area contributed by atoms with Crippen molar-refractivity contribution < 1.29 is 23.9 Å². The van der Waals surface area contributed by atoms with Gasteiger partial charge in [-0.25, -0.2) is 4.79 Å². The smallest absolute Gasteiger partial charge is 0.322 e. The van der Waals surface area contributed by atoms with Crippen molar-refractivity contribution in [1.82, 2.24) is 19.6 Å². The molecule has 4 aliphatic rings. The predicted octanol–water partition coefficient (Wildman–Crippen LogP) is 4.77. The van der Waals surface area contributed by atoms with Crippen LogP contribution in [0.1, 0.15) is 62.5 Å². The maximum atomic E-state index is 14.1. The number of fused-ring (bicyclic) bond motifs is 1. The summed E-state index contributed by atoms with van der Waals surface area (Å²) in [5.41, 5.74) is 2.93. The first-order valence-corrected chi connectivity index (χ1v) is 17.1. The number of likely N-dealkylation sites (tertiary alicyclic amines) is 3. The third-order valence-corrected chi connectivity index (χ3v) is 10.5. The fourth-order valence-electron chi connectivity index (χ4n) is 7.82. The van der Waals surface area contributed by atoms with Crippen molar-refractivity contribution in [2.75, 3.05) is 58.8 Å². The summed E-state index contributed by atoms with van der Waals surface area (Å²) in [7, 11) is 3.21. The van der Waals surface area contributed by atoms with Gasteiger partial charge in [0.05, 0.1) is 20.1 Å². The van der Waals surface area contributed by atoms with Gasteiger partial charge < -0.3 is 34.4 Å². The zero-order valence-electron chi connectivity index (χ0n) is 27.4. The lowest BCUT2D eigenvalue weighted by Crippen LogP contribution is -2.52. The van der Waals surface area contributed by atoms with E-state index in [2.05, 4.69) is 10.2 Å². The van der Waals surface area contributed by atoms with E-state index in [9.17, 15) is 14.4 Å². The molecular formula is C36H49N5O5. The number of benzene rings is 2. The minimum atomic E-state index is -0.459. The first-order valence-electron chi connectivity index (χ1n) is 17.1. The summed E-state index contributed by atoms with van der Waals surface area (Å²) < 4.78 is 11.0. The average Bonchev–Trinajstić information content (AvgIpc) is 3.11. The molecule has 10 heteroatoms. The Balaban J connectivity index is 1.10. The zero-order chi connectivity index (χ0) is 32.0. The molecular weight excluding hydrogens is 582 g/mol. The summed E-state index contributed by atoms with van der Waals surface area (Å²) in [5.74, 6) is 0.872. The van der Waals surface area contributed by atoms with Crippen LogP contribution in [0.25, 0.3) is 0 Å². The molecule has 2 aromatic carbocycles. The Labute approximate surface area is 273 Å². The molecule has 2 aromatic rings. The Bertz CT molecular complexity index is 1380. The fraction of sp³-hybridized carbons (Fsp3) is 0.583. The van der Waals surface area contributed by atoms with E-state index in [1.165, 1.54) is 32.4 Å². The normalized spacial score (nSPS) is 20.6. The van der Waals surface area contributed by atoms with Gasteiger partial charge in [-0.3, -0.25) is 9.59 Å². The van der Waals surface area contributed by atoms with E-state index >= 15 is 0 Å². The van der Waals surface area contributed by atoms with Gasteiger partial charge in [0.25, 0.3) is 0 Å². The van der Waals surface area contributed by atoms with Gasteiger partial charge in [-0.05, 0) is 87.4 Å². The Morgan fingerprint density at radius 1 is 0.826 bits per heavy atom. The van der Waals surface area contributed by atoms with E-state index in [1.807, 2.05) is 57.2 Å². The number of nitrogens with one attached hydrogen (secondary N) is 1. The molecule has 0 spiro atoms. The van der Waals surface area contributed by atoms with Gasteiger partial charge in [0.2, 0.25) is 11.8 Å². The molecule has 6 rings (SSSR count). The Morgan fingerprint density at radius 2 is 1.50 bits per heavy atom. The minimum Gasteiger partial charge on any atom is -0.493 e. The molecule has 1 atom stereocenters. The molecule has 1 N–H and O–H groups in total. The number of carbonyl (C=O) groups is 3. The number of rotatable bonds is 9. The number of carbonyl (C=O) groups excluding carboxylic acids is 3. The van der Waals surface area contributed by atoms with Crippen molar-refractivity contribution in [3.8, 4) is 11.5 Å². The van der Waals surface area contributed by atoms with Crippen molar-refractivity contribution >= 4 is 23.5 Å². The fourth-order valence-corrected chi connectivity index (χ4v) is 7.82. The largest absolute Gasteiger partial charge is 0.493 e. The quantitative estimate of drug-likeness (QED) is 0.429. The van der Waals surface area contributed by atoms with Crippen molar-refractivity contribution in [1.29, 1.82) is 0 Å². The summed E-state index contributed by atoms with van der Waals surface area (Å²) in [6.07, 6.45) is 7.91. The number of amides is 4. The van der Waals surface area contributed by atoms with Crippen LogP contribution in [0.2, 0.25) is 0 Å². The summed E-state index contributed by atoms with van der Waals surface area (Å²) in [4.78, 5) is 49.2. The second kappa shape index (κ2) is 14.8. The van der Waals surface area contributed by atoms with Crippen LogP contribution in [0.3, 0.4) is 0 Å². The van der Waals surface area contributed by atoms with Crippen LogP contribution in [-0.2, 0) is 22.6 Å². The number of hydrogen-bond acceptors (Lipinski definition) is 6. The van der Waals surface area contributed by atoms with Gasteiger partial charge in [0.1, 0.15) is 0 Å². The SMILES string of the molecule is COc1ccc(CC(CC(=O)N2CCC(N3Cc4ccccc4NC3=O)CC2)C(=O)N2CCC(N3CCCCC3)CC2)cc1OC. The lowest BCUT2D eigenvalue weighted by atomic mass is 9.91. The van der Waals surface area contributed by atoms with E-state index in [4.69, 9.17) is 9.47 Å². The highest BCUT2D eigenvalue weighted by Crippen LogP contribution is 2.31. The summed E-state index contributed by atoms with van der Waals surface area (Å²) in [6.45, 7) is 5.55. The third kappa shape index (κ3) is 7.27. The average molecular weight is 632 g/mol. The number of piperidine rings is 3. The molecule has 1 unspecified atom stereocenters. The van der Waals surface area contributed by atoms with Crippen LogP contribution in [0, 0.1) is 5.92 Å². The summed E-state index contributed by atoms with van der Waals surface area (Å²) in [6, 6.07) is 14.2. The molecule has 0 aliphatic carbocycles. The van der Waals surface area contributed by atoms with Gasteiger partial charge in [-0.2, -0.15) is 0 Å². The van der Waals surface area contributed by atoms with E-state index in [1.54, 1.807) is 14.2 Å². The number of nitrogens with zero attached hydrogens (tertiary/aromatic N) is 4. The molecule has 4 aliphatic heterocycles. The number of hydrogen-bond donors (Lipinski definition) is 1. The second-order valence-electron chi connectivity index (χ2n) is 13.3. The first-order chi connectivity index (χ1) is 22.4. The van der Waals surface area contributed by atoms with Crippen molar-refractivity contribution in [2.24, 2.45) is 5.92 Å². The second-order valence-corrected chi connectivity index (χ2v) is 13.3. The van der Waals surface area contributed by atoms with Gasteiger partial charge in [-0.15, -0.1) is 0 Å². The number of anilines is 1. The van der Waals surface area contributed by atoms with Crippen LogP contribution >= 0.6 is 0 Å². The van der Waals surface area contributed by atoms with Crippen LogP contribution in [-0.4, -0.2) is 103 Å². The molecule has 248 valence electrons. The van der Waals surface area contributed by atoms with Crippen molar-refractivity contribution in [3.05, 3.63) is 53.6 Å². The monoisotopic (exact) mass is 631 g/mol. The van der Waals surface area contributed by atoms with Crippen molar-refractivity contribution in [3.63, 3.8) is 0 Å². The van der Waals surface area contributed by atoms with Crippen LogP contribution < -0.4 is 14.8 Å². The molecule has 0 radical (unpaired) electrons. The van der Waals surface area contributed by atoms with Crippen LogP contribution in [0.4, 0.5) is 10.5 Å². The third-order valence-electron chi connectivity index (χ3n) is 10.5. The number of urea groups is 1. The molecule has 4 heterocycles. The number of ether oxygens (including phenoxy) is 2. The minimum absolute atomic E-state index is 0.00826. The van der Waals surface area contributed by atoms with Gasteiger partial charge in [-0.1, -0.05) is 30.7 Å². The Morgan fingerprint density at radius 3 is 2.22 bits per heavy atom. The molecule has 4 amide bonds. The lowest BCUT2D eigenvalue weighted by Gasteiger charge is -2.41. The predicted molar refractivity (Wildman–Crippen MR) is 177 cm³/mol. The molecule has 0 saturated carbocycles. The summed E-state index contributed by atoms with van der Waals surface area (Å²) in [5, 5.41) is 3.02. The van der Waals surface area contributed by atoms with Crippen molar-refractivity contribution in [2.45, 2.75) is 76.4 Å².